The predicted octanol–water partition coefficient (Wildman–Crippen LogP) is 2.30. The molecule has 126 valence electrons. The van der Waals surface area contributed by atoms with Gasteiger partial charge in [0.05, 0.1) is 6.54 Å². The summed E-state index contributed by atoms with van der Waals surface area (Å²) in [5.74, 6) is 0.698. The number of nitrogens with one attached hydrogen (secondary N) is 3. The molecule has 0 unspecified atom stereocenters. The molecule has 0 spiro atoms. The van der Waals surface area contributed by atoms with Gasteiger partial charge >= 0.3 is 0 Å². The van der Waals surface area contributed by atoms with Crippen molar-refractivity contribution in [1.29, 1.82) is 0 Å². The van der Waals surface area contributed by atoms with Crippen molar-refractivity contribution in [2.45, 2.75) is 20.0 Å². The average molecular weight is 324 g/mol. The van der Waals surface area contributed by atoms with Crippen molar-refractivity contribution in [3.05, 3.63) is 71.3 Å². The van der Waals surface area contributed by atoms with Crippen molar-refractivity contribution < 1.29 is 4.79 Å². The van der Waals surface area contributed by atoms with Gasteiger partial charge in [-0.05, 0) is 30.2 Å². The van der Waals surface area contributed by atoms with E-state index in [1.165, 1.54) is 5.56 Å². The molecule has 0 fully saturated rings. The van der Waals surface area contributed by atoms with E-state index in [-0.39, 0.29) is 5.91 Å². The van der Waals surface area contributed by atoms with Gasteiger partial charge in [-0.1, -0.05) is 42.5 Å². The van der Waals surface area contributed by atoms with E-state index in [1.807, 2.05) is 49.4 Å². The molecular weight excluding hydrogens is 300 g/mol. The van der Waals surface area contributed by atoms with Crippen LogP contribution in [0.5, 0.6) is 0 Å². The Labute approximate surface area is 143 Å². The van der Waals surface area contributed by atoms with Crippen LogP contribution in [0.3, 0.4) is 0 Å². The fraction of sp³-hybridized carbons (Fsp3) is 0.263. The first-order valence-corrected chi connectivity index (χ1v) is 8.10. The molecule has 5 heteroatoms. The van der Waals surface area contributed by atoms with Gasteiger partial charge in [-0.25, -0.2) is 4.99 Å². The molecule has 0 aliphatic carbocycles. The Morgan fingerprint density at radius 3 is 2.29 bits per heavy atom. The van der Waals surface area contributed by atoms with Crippen LogP contribution in [0, 0.1) is 0 Å². The van der Waals surface area contributed by atoms with Gasteiger partial charge in [-0.3, -0.25) is 4.79 Å². The first kappa shape index (κ1) is 17.5. The lowest BCUT2D eigenvalue weighted by Gasteiger charge is -2.11. The second kappa shape index (κ2) is 9.35. The first-order chi connectivity index (χ1) is 11.7. The Morgan fingerprint density at radius 2 is 1.67 bits per heavy atom. The van der Waals surface area contributed by atoms with Gasteiger partial charge in [0.1, 0.15) is 0 Å². The normalized spacial score (nSPS) is 11.0. The highest BCUT2D eigenvalue weighted by atomic mass is 16.1. The van der Waals surface area contributed by atoms with Crippen LogP contribution in [-0.2, 0) is 13.1 Å². The van der Waals surface area contributed by atoms with Crippen LogP contribution in [0.15, 0.2) is 59.6 Å². The maximum atomic E-state index is 11.5. The van der Waals surface area contributed by atoms with Gasteiger partial charge in [0, 0.05) is 25.7 Å². The molecule has 0 saturated heterocycles. The summed E-state index contributed by atoms with van der Waals surface area (Å²) in [4.78, 5) is 16.1. The molecule has 2 aromatic carbocycles. The number of amides is 1. The number of guanidine groups is 1. The smallest absolute Gasteiger partial charge is 0.251 e. The van der Waals surface area contributed by atoms with E-state index < -0.39 is 0 Å². The van der Waals surface area contributed by atoms with Crippen LogP contribution in [0.25, 0.3) is 0 Å². The number of hydrogen-bond acceptors (Lipinski definition) is 2. The molecule has 2 aromatic rings. The van der Waals surface area contributed by atoms with Gasteiger partial charge in [-0.2, -0.15) is 0 Å². The molecule has 0 radical (unpaired) electrons. The molecule has 0 heterocycles. The number of benzene rings is 2. The minimum atomic E-state index is -0.0766. The monoisotopic (exact) mass is 324 g/mol. The summed E-state index contributed by atoms with van der Waals surface area (Å²) in [6.07, 6.45) is 0. The van der Waals surface area contributed by atoms with Gasteiger partial charge < -0.3 is 16.0 Å². The molecule has 1 amide bonds. The highest BCUT2D eigenvalue weighted by Gasteiger charge is 2.03. The molecule has 0 bridgehead atoms. The van der Waals surface area contributed by atoms with E-state index in [0.717, 1.165) is 18.1 Å². The Morgan fingerprint density at radius 1 is 0.958 bits per heavy atom. The number of nitrogens with zero attached hydrogens (tertiary/aromatic N) is 1. The van der Waals surface area contributed by atoms with E-state index in [0.29, 0.717) is 18.7 Å². The van der Waals surface area contributed by atoms with Gasteiger partial charge in [0.15, 0.2) is 5.96 Å². The fourth-order valence-electron chi connectivity index (χ4n) is 2.20. The maximum Gasteiger partial charge on any atom is 0.251 e. The van der Waals surface area contributed by atoms with Crippen LogP contribution in [0.1, 0.15) is 28.4 Å². The molecular formula is C19H24N4O. The second-order valence-electron chi connectivity index (χ2n) is 5.31. The van der Waals surface area contributed by atoms with E-state index in [4.69, 9.17) is 0 Å². The summed E-state index contributed by atoms with van der Waals surface area (Å²) in [5.41, 5.74) is 2.92. The molecule has 5 nitrogen and oxygen atoms in total. The lowest BCUT2D eigenvalue weighted by molar-refractivity contribution is 0.0963. The third-order valence-corrected chi connectivity index (χ3v) is 3.51. The van der Waals surface area contributed by atoms with Crippen LogP contribution >= 0.6 is 0 Å². The SMILES string of the molecule is CCNC(=NCc1ccccc1)NCc1ccc(C(=O)NC)cc1. The molecule has 0 aliphatic rings. The highest BCUT2D eigenvalue weighted by Crippen LogP contribution is 2.04. The molecule has 0 atom stereocenters. The summed E-state index contributed by atoms with van der Waals surface area (Å²) < 4.78 is 0. The van der Waals surface area contributed by atoms with Gasteiger partial charge in [-0.15, -0.1) is 0 Å². The van der Waals surface area contributed by atoms with E-state index in [2.05, 4.69) is 33.1 Å². The van der Waals surface area contributed by atoms with E-state index in [9.17, 15) is 4.79 Å². The summed E-state index contributed by atoms with van der Waals surface area (Å²) >= 11 is 0. The third kappa shape index (κ3) is 5.43. The summed E-state index contributed by atoms with van der Waals surface area (Å²) in [7, 11) is 1.63. The van der Waals surface area contributed by atoms with Crippen molar-refractivity contribution in [3.63, 3.8) is 0 Å². The van der Waals surface area contributed by atoms with Crippen molar-refractivity contribution in [3.8, 4) is 0 Å². The Kier molecular flexibility index (Phi) is 6.83. The number of carbonyl (C=O) groups is 1. The standard InChI is InChI=1S/C19H24N4O/c1-3-21-19(22-13-15-7-5-4-6-8-15)23-14-16-9-11-17(12-10-16)18(24)20-2/h4-12H,3,13-14H2,1-2H3,(H,20,24)(H2,21,22,23). The minimum absolute atomic E-state index is 0.0766. The van der Waals surface area contributed by atoms with Crippen molar-refractivity contribution in [1.82, 2.24) is 16.0 Å². The number of hydrogen-bond donors (Lipinski definition) is 3. The lowest BCUT2D eigenvalue weighted by atomic mass is 10.1. The van der Waals surface area contributed by atoms with E-state index in [1.54, 1.807) is 7.05 Å². The van der Waals surface area contributed by atoms with Crippen LogP contribution in [0.2, 0.25) is 0 Å². The van der Waals surface area contributed by atoms with Gasteiger partial charge in [0.2, 0.25) is 0 Å². The average Bonchev–Trinajstić information content (AvgIpc) is 2.64. The largest absolute Gasteiger partial charge is 0.357 e. The Hall–Kier alpha value is -2.82. The number of aliphatic imine (C=N–C) groups is 1. The number of rotatable bonds is 6. The molecule has 0 aliphatic heterocycles. The molecule has 24 heavy (non-hydrogen) atoms. The molecule has 3 N–H and O–H groups in total. The first-order valence-electron chi connectivity index (χ1n) is 8.10. The molecule has 0 aromatic heterocycles. The quantitative estimate of drug-likeness (QED) is 0.564. The summed E-state index contributed by atoms with van der Waals surface area (Å²) in [6, 6.07) is 17.7. The predicted molar refractivity (Wildman–Crippen MR) is 97.9 cm³/mol. The highest BCUT2D eigenvalue weighted by molar-refractivity contribution is 5.93. The van der Waals surface area contributed by atoms with Crippen molar-refractivity contribution >= 4 is 11.9 Å². The maximum absolute atomic E-state index is 11.5. The zero-order valence-corrected chi connectivity index (χ0v) is 14.2. The second-order valence-corrected chi connectivity index (χ2v) is 5.31. The van der Waals surface area contributed by atoms with E-state index >= 15 is 0 Å². The molecule has 0 saturated carbocycles. The zero-order valence-electron chi connectivity index (χ0n) is 14.2. The Bertz CT molecular complexity index is 666. The summed E-state index contributed by atoms with van der Waals surface area (Å²) in [6.45, 7) is 4.12. The van der Waals surface area contributed by atoms with Crippen LogP contribution in [-0.4, -0.2) is 25.5 Å². The van der Waals surface area contributed by atoms with Crippen LogP contribution in [0.4, 0.5) is 0 Å². The molecule has 2 rings (SSSR count). The van der Waals surface area contributed by atoms with Crippen LogP contribution < -0.4 is 16.0 Å². The lowest BCUT2D eigenvalue weighted by Crippen LogP contribution is -2.36. The van der Waals surface area contributed by atoms with Crippen molar-refractivity contribution in [2.75, 3.05) is 13.6 Å². The van der Waals surface area contributed by atoms with Crippen molar-refractivity contribution in [2.24, 2.45) is 4.99 Å². The minimum Gasteiger partial charge on any atom is -0.357 e. The topological polar surface area (TPSA) is 65.5 Å². The third-order valence-electron chi connectivity index (χ3n) is 3.51. The fourth-order valence-corrected chi connectivity index (χ4v) is 2.20. The zero-order chi connectivity index (χ0) is 17.2. The Balaban J connectivity index is 1.94. The summed E-state index contributed by atoms with van der Waals surface area (Å²) in [5, 5.41) is 9.16. The number of carbonyl (C=O) groups excluding carboxylic acids is 1. The van der Waals surface area contributed by atoms with Gasteiger partial charge in [0.25, 0.3) is 5.91 Å².